The number of hydrogen-bond acceptors (Lipinski definition) is 4. The van der Waals surface area contributed by atoms with Crippen molar-refractivity contribution in [2.24, 2.45) is 5.41 Å². The van der Waals surface area contributed by atoms with Crippen molar-refractivity contribution in [1.29, 1.82) is 0 Å². The summed E-state index contributed by atoms with van der Waals surface area (Å²) in [6, 6.07) is 8.38. The first-order chi connectivity index (χ1) is 10.7. The van der Waals surface area contributed by atoms with Crippen LogP contribution in [-0.4, -0.2) is 38.4 Å². The summed E-state index contributed by atoms with van der Waals surface area (Å²) in [7, 11) is 1.71. The predicted octanol–water partition coefficient (Wildman–Crippen LogP) is 3.17. The lowest BCUT2D eigenvalue weighted by Gasteiger charge is -2.25. The van der Waals surface area contributed by atoms with Gasteiger partial charge in [0.15, 0.2) is 0 Å². The monoisotopic (exact) mass is 298 g/mol. The van der Waals surface area contributed by atoms with E-state index in [9.17, 15) is 0 Å². The van der Waals surface area contributed by atoms with Crippen LogP contribution >= 0.6 is 0 Å². The molecule has 2 aromatic rings. The lowest BCUT2D eigenvalue weighted by Crippen LogP contribution is -2.27. The van der Waals surface area contributed by atoms with Gasteiger partial charge in [-0.05, 0) is 31.9 Å². The highest BCUT2D eigenvalue weighted by atomic mass is 16.5. The quantitative estimate of drug-likeness (QED) is 0.853. The molecule has 0 bridgehead atoms. The van der Waals surface area contributed by atoms with Gasteiger partial charge in [-0.3, -0.25) is 0 Å². The van der Waals surface area contributed by atoms with E-state index in [0.717, 1.165) is 43.3 Å². The number of benzene rings is 1. The minimum absolute atomic E-state index is 0.363. The summed E-state index contributed by atoms with van der Waals surface area (Å²) in [6.45, 7) is 6.06. The summed E-state index contributed by atoms with van der Waals surface area (Å²) in [5.41, 5.74) is 3.65. The Bertz CT molecular complexity index is 708. The molecule has 0 amide bonds. The summed E-state index contributed by atoms with van der Waals surface area (Å²) >= 11 is 0. The molecule has 2 saturated heterocycles. The minimum atomic E-state index is 0.363. The normalized spacial score (nSPS) is 24.5. The third-order valence-electron chi connectivity index (χ3n) is 5.09. The van der Waals surface area contributed by atoms with Crippen molar-refractivity contribution in [2.75, 3.05) is 38.3 Å². The standard InChI is InChI=1S/C18H22N2O2/c1-13-10-15(14-4-3-5-16(21-2)17(14)19-13)20-8-6-18(11-20)7-9-22-12-18/h3-5,10H,6-9,11-12H2,1-2H3. The van der Waals surface area contributed by atoms with Crippen LogP contribution in [0.15, 0.2) is 24.3 Å². The number of fused-ring (bicyclic) bond motifs is 1. The topological polar surface area (TPSA) is 34.6 Å². The van der Waals surface area contributed by atoms with E-state index in [1.165, 1.54) is 23.9 Å². The fourth-order valence-corrected chi connectivity index (χ4v) is 3.87. The molecule has 4 heteroatoms. The van der Waals surface area contributed by atoms with E-state index in [1.54, 1.807) is 7.11 Å². The molecule has 2 aliphatic rings. The van der Waals surface area contributed by atoms with Gasteiger partial charge in [0.1, 0.15) is 11.3 Å². The summed E-state index contributed by atoms with van der Waals surface area (Å²) in [4.78, 5) is 7.20. The molecule has 3 heterocycles. The van der Waals surface area contributed by atoms with Gasteiger partial charge in [-0.2, -0.15) is 0 Å². The molecular formula is C18H22N2O2. The largest absolute Gasteiger partial charge is 0.494 e. The summed E-state index contributed by atoms with van der Waals surface area (Å²) in [5, 5.41) is 1.18. The number of pyridine rings is 1. The van der Waals surface area contributed by atoms with Crippen molar-refractivity contribution in [3.8, 4) is 5.75 Å². The third kappa shape index (κ3) is 2.13. The molecule has 1 aromatic carbocycles. The first kappa shape index (κ1) is 13.8. The zero-order chi connectivity index (χ0) is 15.2. The molecule has 0 radical (unpaired) electrons. The number of aromatic nitrogens is 1. The Labute approximate surface area is 131 Å². The van der Waals surface area contributed by atoms with Gasteiger partial charge in [-0.25, -0.2) is 4.98 Å². The molecule has 116 valence electrons. The van der Waals surface area contributed by atoms with Crippen LogP contribution in [-0.2, 0) is 4.74 Å². The molecule has 1 unspecified atom stereocenters. The highest BCUT2D eigenvalue weighted by molar-refractivity contribution is 5.95. The zero-order valence-electron chi connectivity index (χ0n) is 13.3. The number of methoxy groups -OCH3 is 1. The SMILES string of the molecule is COc1cccc2c(N3CCC4(CCOC4)C3)cc(C)nc12. The Morgan fingerprint density at radius 2 is 2.23 bits per heavy atom. The molecule has 0 aliphatic carbocycles. The molecular weight excluding hydrogens is 276 g/mol. The molecule has 1 atom stereocenters. The van der Waals surface area contributed by atoms with Crippen molar-refractivity contribution in [3.63, 3.8) is 0 Å². The third-order valence-corrected chi connectivity index (χ3v) is 5.09. The van der Waals surface area contributed by atoms with E-state index in [-0.39, 0.29) is 0 Å². The van der Waals surface area contributed by atoms with E-state index >= 15 is 0 Å². The number of anilines is 1. The molecule has 4 nitrogen and oxygen atoms in total. The van der Waals surface area contributed by atoms with Crippen molar-refractivity contribution >= 4 is 16.6 Å². The Hall–Kier alpha value is -1.81. The van der Waals surface area contributed by atoms with Crippen LogP contribution in [0.3, 0.4) is 0 Å². The van der Waals surface area contributed by atoms with Gasteiger partial charge in [0.2, 0.25) is 0 Å². The van der Waals surface area contributed by atoms with Crippen molar-refractivity contribution in [1.82, 2.24) is 4.98 Å². The van der Waals surface area contributed by atoms with Crippen LogP contribution in [0.5, 0.6) is 5.75 Å². The molecule has 2 aliphatic heterocycles. The average Bonchev–Trinajstić information content (AvgIpc) is 3.16. The number of ether oxygens (including phenoxy) is 2. The van der Waals surface area contributed by atoms with Gasteiger partial charge in [0.25, 0.3) is 0 Å². The minimum Gasteiger partial charge on any atom is -0.494 e. The fraction of sp³-hybridized carbons (Fsp3) is 0.500. The van der Waals surface area contributed by atoms with Crippen LogP contribution < -0.4 is 9.64 Å². The van der Waals surface area contributed by atoms with Gasteiger partial charge in [0, 0.05) is 41.9 Å². The second kappa shape index (κ2) is 5.13. The highest BCUT2D eigenvalue weighted by Crippen LogP contribution is 2.42. The van der Waals surface area contributed by atoms with E-state index in [2.05, 4.69) is 24.0 Å². The predicted molar refractivity (Wildman–Crippen MR) is 87.7 cm³/mol. The van der Waals surface area contributed by atoms with E-state index < -0.39 is 0 Å². The number of rotatable bonds is 2. The first-order valence-corrected chi connectivity index (χ1v) is 7.98. The Morgan fingerprint density at radius 3 is 3.00 bits per heavy atom. The molecule has 1 spiro atoms. The zero-order valence-corrected chi connectivity index (χ0v) is 13.3. The molecule has 1 aromatic heterocycles. The average molecular weight is 298 g/mol. The van der Waals surface area contributed by atoms with Crippen molar-refractivity contribution in [3.05, 3.63) is 30.0 Å². The van der Waals surface area contributed by atoms with Gasteiger partial charge in [0.05, 0.1) is 13.7 Å². The molecule has 22 heavy (non-hydrogen) atoms. The van der Waals surface area contributed by atoms with Crippen molar-refractivity contribution in [2.45, 2.75) is 19.8 Å². The highest BCUT2D eigenvalue weighted by Gasteiger charge is 2.41. The van der Waals surface area contributed by atoms with Crippen LogP contribution in [0.4, 0.5) is 5.69 Å². The van der Waals surface area contributed by atoms with Crippen LogP contribution in [0.25, 0.3) is 10.9 Å². The maximum Gasteiger partial charge on any atom is 0.145 e. The summed E-state index contributed by atoms with van der Waals surface area (Å²) < 4.78 is 11.1. The lowest BCUT2D eigenvalue weighted by atomic mass is 9.87. The Morgan fingerprint density at radius 1 is 1.32 bits per heavy atom. The number of aryl methyl sites for hydroxylation is 1. The van der Waals surface area contributed by atoms with Gasteiger partial charge >= 0.3 is 0 Å². The molecule has 2 fully saturated rings. The maximum absolute atomic E-state index is 5.66. The van der Waals surface area contributed by atoms with Gasteiger partial charge in [-0.1, -0.05) is 12.1 Å². The lowest BCUT2D eigenvalue weighted by molar-refractivity contribution is 0.160. The van der Waals surface area contributed by atoms with E-state index in [1.807, 2.05) is 12.1 Å². The summed E-state index contributed by atoms with van der Waals surface area (Å²) in [5.74, 6) is 0.848. The Kier molecular flexibility index (Phi) is 3.22. The Balaban J connectivity index is 1.78. The second-order valence-corrected chi connectivity index (χ2v) is 6.61. The van der Waals surface area contributed by atoms with Crippen molar-refractivity contribution < 1.29 is 9.47 Å². The number of para-hydroxylation sites is 1. The number of nitrogens with zero attached hydrogens (tertiary/aromatic N) is 2. The molecule has 4 rings (SSSR count). The van der Waals surface area contributed by atoms with Gasteiger partial charge in [-0.15, -0.1) is 0 Å². The van der Waals surface area contributed by atoms with Crippen LogP contribution in [0.2, 0.25) is 0 Å². The van der Waals surface area contributed by atoms with Gasteiger partial charge < -0.3 is 14.4 Å². The maximum atomic E-state index is 5.66. The number of hydrogen-bond donors (Lipinski definition) is 0. The van der Waals surface area contributed by atoms with E-state index in [0.29, 0.717) is 5.41 Å². The smallest absolute Gasteiger partial charge is 0.145 e. The molecule has 0 N–H and O–H groups in total. The fourth-order valence-electron chi connectivity index (χ4n) is 3.87. The van der Waals surface area contributed by atoms with Crippen LogP contribution in [0, 0.1) is 12.3 Å². The van der Waals surface area contributed by atoms with Crippen LogP contribution in [0.1, 0.15) is 18.5 Å². The summed E-state index contributed by atoms with van der Waals surface area (Å²) in [6.07, 6.45) is 2.41. The first-order valence-electron chi connectivity index (χ1n) is 7.98. The van der Waals surface area contributed by atoms with E-state index in [4.69, 9.17) is 14.5 Å². The molecule has 0 saturated carbocycles. The second-order valence-electron chi connectivity index (χ2n) is 6.61.